The number of hydrogen-bond acceptors (Lipinski definition) is 6. The van der Waals surface area contributed by atoms with Crippen LogP contribution in [0.4, 0.5) is 0 Å². The smallest absolute Gasteiger partial charge is 0.456 e. The van der Waals surface area contributed by atoms with Crippen LogP contribution in [0.15, 0.2) is 24.3 Å². The highest BCUT2D eigenvalue weighted by Crippen LogP contribution is 2.43. The fourth-order valence-electron chi connectivity index (χ4n) is 11.4. The van der Waals surface area contributed by atoms with Crippen LogP contribution in [-0.4, -0.2) is 74.3 Å². The Hall–Kier alpha value is -1.51. The minimum absolute atomic E-state index is 0.0445. The van der Waals surface area contributed by atoms with Crippen LogP contribution in [0, 0.1) is 0 Å². The number of amides is 1. The van der Waals surface area contributed by atoms with Gasteiger partial charge in [-0.15, -0.1) is 0 Å². The van der Waals surface area contributed by atoms with Gasteiger partial charge in [-0.2, -0.15) is 0 Å². The molecule has 0 saturated carbocycles. The maximum atomic E-state index is 13.6. The highest BCUT2D eigenvalue weighted by atomic mass is 31.2. The van der Waals surface area contributed by atoms with Crippen molar-refractivity contribution in [3.8, 4) is 0 Å². The van der Waals surface area contributed by atoms with Gasteiger partial charge in [-0.1, -0.05) is 341 Å². The van der Waals surface area contributed by atoms with E-state index in [4.69, 9.17) is 13.8 Å². The van der Waals surface area contributed by atoms with Gasteiger partial charge in [0.05, 0.1) is 33.8 Å². The first-order valence-corrected chi connectivity index (χ1v) is 38.7. The molecule has 0 aliphatic rings. The molecule has 498 valence electrons. The number of quaternary nitrogens is 1. The molecule has 9 nitrogen and oxygen atoms in total. The normalized spacial score (nSPS) is 13.6. The van der Waals surface area contributed by atoms with Gasteiger partial charge in [-0.3, -0.25) is 18.6 Å². The molecule has 2 N–H and O–H groups in total. The topological polar surface area (TPSA) is 111 Å². The van der Waals surface area contributed by atoms with E-state index in [1.807, 2.05) is 27.2 Å². The molecule has 0 saturated heterocycles. The highest BCUT2D eigenvalue weighted by molar-refractivity contribution is 7.47. The van der Waals surface area contributed by atoms with Gasteiger partial charge in [0.25, 0.3) is 0 Å². The van der Waals surface area contributed by atoms with E-state index >= 15 is 0 Å². The molecule has 84 heavy (non-hydrogen) atoms. The van der Waals surface area contributed by atoms with Crippen LogP contribution in [0.5, 0.6) is 0 Å². The van der Waals surface area contributed by atoms with E-state index in [1.54, 1.807) is 0 Å². The van der Waals surface area contributed by atoms with Crippen molar-refractivity contribution < 1.29 is 37.3 Å². The van der Waals surface area contributed by atoms with Crippen molar-refractivity contribution in [3.63, 3.8) is 0 Å². The number of nitrogens with zero attached hydrogens (tertiary/aromatic N) is 1. The second-order valence-corrected chi connectivity index (χ2v) is 28.3. The Morgan fingerprint density at radius 2 is 0.690 bits per heavy atom. The second-order valence-electron chi connectivity index (χ2n) is 26.8. The van der Waals surface area contributed by atoms with Crippen molar-refractivity contribution >= 4 is 19.7 Å². The molecule has 0 aromatic rings. The number of rotatable bonds is 69. The summed E-state index contributed by atoms with van der Waals surface area (Å²) in [7, 11) is 1.52. The van der Waals surface area contributed by atoms with Gasteiger partial charge in [-0.25, -0.2) is 4.57 Å². The van der Waals surface area contributed by atoms with Gasteiger partial charge in [0.2, 0.25) is 5.91 Å². The molecule has 0 heterocycles. The second kappa shape index (κ2) is 64.5. The van der Waals surface area contributed by atoms with Crippen LogP contribution in [0.1, 0.15) is 387 Å². The van der Waals surface area contributed by atoms with Gasteiger partial charge < -0.3 is 19.4 Å². The molecular weight excluding hydrogens is 1060 g/mol. The highest BCUT2D eigenvalue weighted by Gasteiger charge is 2.30. The van der Waals surface area contributed by atoms with Crippen LogP contribution in [0.2, 0.25) is 0 Å². The molecule has 0 rings (SSSR count). The number of esters is 1. The minimum Gasteiger partial charge on any atom is -0.456 e. The number of unbranched alkanes of at least 4 members (excludes halogenated alkanes) is 51. The van der Waals surface area contributed by atoms with E-state index in [2.05, 4.69) is 44.3 Å². The molecule has 0 fully saturated rings. The SMILES string of the molecule is CCCCCCCC/C=C/CCCCCCCCCCCCCCCC(=O)NC(COP(=O)(O)OCC[N+](C)(C)C)C(/C=C/CCCCCCCCCCCC)OC(=O)CCCCCCCCCCCCCCCCCCCCCCCCC. The molecule has 0 spiro atoms. The summed E-state index contributed by atoms with van der Waals surface area (Å²) in [5.41, 5.74) is 0. The zero-order valence-electron chi connectivity index (χ0n) is 57.2. The minimum atomic E-state index is -4.45. The average Bonchev–Trinajstić information content (AvgIpc) is 3.64. The zero-order valence-corrected chi connectivity index (χ0v) is 58.1. The van der Waals surface area contributed by atoms with Crippen molar-refractivity contribution in [2.75, 3.05) is 40.9 Å². The van der Waals surface area contributed by atoms with Crippen molar-refractivity contribution in [2.24, 2.45) is 0 Å². The predicted octanol–water partition coefficient (Wildman–Crippen LogP) is 23.6. The van der Waals surface area contributed by atoms with E-state index < -0.39 is 20.0 Å². The van der Waals surface area contributed by atoms with Crippen LogP contribution < -0.4 is 5.32 Å². The third-order valence-electron chi connectivity index (χ3n) is 17.1. The zero-order chi connectivity index (χ0) is 61.4. The van der Waals surface area contributed by atoms with Gasteiger partial charge in [0.15, 0.2) is 0 Å². The molecule has 3 atom stereocenters. The summed E-state index contributed by atoms with van der Waals surface area (Å²) >= 11 is 0. The van der Waals surface area contributed by atoms with Crippen LogP contribution in [0.25, 0.3) is 0 Å². The Balaban J connectivity index is 4.99. The molecule has 10 heteroatoms. The Bertz CT molecular complexity index is 1480. The number of allylic oxidation sites excluding steroid dienone is 3. The quantitative estimate of drug-likeness (QED) is 0.0205. The number of nitrogens with one attached hydrogen (secondary N) is 1. The summed E-state index contributed by atoms with van der Waals surface area (Å²) in [5, 5.41) is 3.08. The van der Waals surface area contributed by atoms with E-state index in [0.717, 1.165) is 57.8 Å². The van der Waals surface area contributed by atoms with Gasteiger partial charge >= 0.3 is 13.8 Å². The first-order chi connectivity index (χ1) is 40.9. The molecule has 3 unspecified atom stereocenters. The summed E-state index contributed by atoms with van der Waals surface area (Å²) in [6.45, 7) is 7.08. The van der Waals surface area contributed by atoms with Gasteiger partial charge in [0.1, 0.15) is 19.3 Å². The number of phosphoric ester groups is 1. The summed E-state index contributed by atoms with van der Waals surface area (Å²) < 4.78 is 30.9. The molecule has 0 aromatic heterocycles. The third kappa shape index (κ3) is 64.9. The molecule has 0 aromatic carbocycles. The van der Waals surface area contributed by atoms with Gasteiger partial charge in [-0.05, 0) is 57.4 Å². The molecule has 1 amide bonds. The van der Waals surface area contributed by atoms with E-state index in [9.17, 15) is 19.0 Å². The Morgan fingerprint density at radius 1 is 0.405 bits per heavy atom. The fraction of sp³-hybridized carbons (Fsp3) is 0.919. The van der Waals surface area contributed by atoms with Crippen LogP contribution in [0.3, 0.4) is 0 Å². The molecule has 0 bridgehead atoms. The van der Waals surface area contributed by atoms with Crippen molar-refractivity contribution in [1.82, 2.24) is 5.32 Å². The number of likely N-dealkylation sites (N-methyl/N-ethyl adjacent to an activating group) is 1. The van der Waals surface area contributed by atoms with E-state index in [0.29, 0.717) is 23.9 Å². The fourth-order valence-corrected chi connectivity index (χ4v) is 12.1. The van der Waals surface area contributed by atoms with Gasteiger partial charge in [0, 0.05) is 12.8 Å². The molecule has 0 aliphatic heterocycles. The number of phosphoric acid groups is 1. The standard InChI is InChI=1S/C74H145N2O7P/c1-7-10-13-16-19-22-25-28-30-32-34-36-38-40-42-44-46-48-51-54-57-60-63-66-73(77)75-71(70-82-84(79,80)81-69-68-76(4,5)6)72(65-62-59-56-53-50-27-24-21-18-15-12-9-3)83-74(78)67-64-61-58-55-52-49-47-45-43-41-39-37-35-33-31-29-26-23-20-17-14-11-8-2/h28,30,62,65,71-72H,7-27,29,31-61,63-64,66-70H2,1-6H3,(H-,75,77,79,80)/p+1/b30-28+,65-62+. The van der Waals surface area contributed by atoms with Crippen molar-refractivity contribution in [2.45, 2.75) is 399 Å². The maximum absolute atomic E-state index is 13.6. The lowest BCUT2D eigenvalue weighted by Gasteiger charge is -2.27. The van der Waals surface area contributed by atoms with Crippen molar-refractivity contribution in [3.05, 3.63) is 24.3 Å². The lowest BCUT2D eigenvalue weighted by Crippen LogP contribution is -2.47. The first kappa shape index (κ1) is 82.5. The number of carbonyl (C=O) groups excluding carboxylic acids is 2. The summed E-state index contributed by atoms with van der Waals surface area (Å²) in [5.74, 6) is -0.480. The third-order valence-corrected chi connectivity index (χ3v) is 18.1. The number of hydrogen-bond donors (Lipinski definition) is 2. The summed E-state index contributed by atoms with van der Waals surface area (Å²) in [6, 6.07) is -0.844. The number of carbonyl (C=O) groups is 2. The largest absolute Gasteiger partial charge is 0.472 e. The first-order valence-electron chi connectivity index (χ1n) is 37.2. The lowest BCUT2D eigenvalue weighted by molar-refractivity contribution is -0.870. The monoisotopic (exact) mass is 1210 g/mol. The Morgan fingerprint density at radius 3 is 1.01 bits per heavy atom. The maximum Gasteiger partial charge on any atom is 0.472 e. The lowest BCUT2D eigenvalue weighted by atomic mass is 10.0. The predicted molar refractivity (Wildman–Crippen MR) is 365 cm³/mol. The van der Waals surface area contributed by atoms with E-state index in [-0.39, 0.29) is 25.1 Å². The van der Waals surface area contributed by atoms with Crippen LogP contribution >= 0.6 is 7.82 Å². The Labute approximate surface area is 524 Å². The molecular formula is C74H146N2O7P+. The van der Waals surface area contributed by atoms with Crippen molar-refractivity contribution in [1.29, 1.82) is 0 Å². The Kier molecular flexibility index (Phi) is 63.3. The number of ether oxygens (including phenoxy) is 1. The van der Waals surface area contributed by atoms with E-state index in [1.165, 1.54) is 295 Å². The summed E-state index contributed by atoms with van der Waals surface area (Å²) in [6.07, 6.45) is 79.1. The average molecular weight is 1210 g/mol. The molecule has 0 aliphatic carbocycles. The summed E-state index contributed by atoms with van der Waals surface area (Å²) in [4.78, 5) is 37.9. The molecule has 0 radical (unpaired) electrons. The van der Waals surface area contributed by atoms with Crippen LogP contribution in [-0.2, 0) is 27.9 Å².